The highest BCUT2D eigenvalue weighted by atomic mass is 19.1. The third-order valence-electron chi connectivity index (χ3n) is 4.24. The molecule has 0 unspecified atom stereocenters. The maximum absolute atomic E-state index is 13.4. The number of carbonyl (C=O) groups is 2. The zero-order valence-electron chi connectivity index (χ0n) is 14.5. The smallest absolute Gasteiger partial charge is 0.329 e. The van der Waals surface area contributed by atoms with E-state index in [2.05, 4.69) is 5.32 Å². The summed E-state index contributed by atoms with van der Waals surface area (Å²) in [5.74, 6) is -0.521. The minimum atomic E-state index is -0.572. The van der Waals surface area contributed by atoms with E-state index in [1.165, 1.54) is 42.5 Å². The molecule has 0 bridgehead atoms. The van der Waals surface area contributed by atoms with Crippen LogP contribution in [0.4, 0.5) is 13.6 Å². The summed E-state index contributed by atoms with van der Waals surface area (Å²) in [7, 11) is 0. The number of furan rings is 1. The van der Waals surface area contributed by atoms with Gasteiger partial charge in [0.15, 0.2) is 0 Å². The van der Waals surface area contributed by atoms with Crippen LogP contribution in [0.1, 0.15) is 11.3 Å². The number of nitrogens with one attached hydrogen (secondary N) is 1. The molecule has 4 rings (SSSR count). The molecule has 1 aliphatic rings. The standard InChI is InChI=1S/C21H14F2N2O3/c22-15-6-4-13(5-7-15)12-25-20(26)18(24-21(25)27)11-17-8-9-19(28-17)14-2-1-3-16(23)10-14/h1-11H,12H2,(H,24,27)/b18-11+. The van der Waals surface area contributed by atoms with Gasteiger partial charge in [-0.05, 0) is 42.0 Å². The van der Waals surface area contributed by atoms with Crippen LogP contribution in [0.15, 0.2) is 70.8 Å². The van der Waals surface area contributed by atoms with Gasteiger partial charge in [-0.1, -0.05) is 24.3 Å². The third kappa shape index (κ3) is 3.55. The average Bonchev–Trinajstić information content (AvgIpc) is 3.24. The maximum atomic E-state index is 13.4. The highest BCUT2D eigenvalue weighted by Crippen LogP contribution is 2.25. The Morgan fingerprint density at radius 2 is 1.75 bits per heavy atom. The van der Waals surface area contributed by atoms with Crippen molar-refractivity contribution in [1.29, 1.82) is 0 Å². The first-order valence-electron chi connectivity index (χ1n) is 8.44. The van der Waals surface area contributed by atoms with Crippen LogP contribution < -0.4 is 5.32 Å². The van der Waals surface area contributed by atoms with Crippen LogP contribution in [0, 0.1) is 11.6 Å². The van der Waals surface area contributed by atoms with Crippen LogP contribution in [0.5, 0.6) is 0 Å². The molecule has 0 radical (unpaired) electrons. The first-order valence-corrected chi connectivity index (χ1v) is 8.44. The van der Waals surface area contributed by atoms with Crippen molar-refractivity contribution >= 4 is 18.0 Å². The number of nitrogens with zero attached hydrogens (tertiary/aromatic N) is 1. The lowest BCUT2D eigenvalue weighted by Gasteiger charge is -2.11. The van der Waals surface area contributed by atoms with Gasteiger partial charge in [-0.3, -0.25) is 9.69 Å². The van der Waals surface area contributed by atoms with Gasteiger partial charge in [0.25, 0.3) is 5.91 Å². The molecule has 2 aromatic carbocycles. The van der Waals surface area contributed by atoms with E-state index in [4.69, 9.17) is 4.42 Å². The molecule has 1 fully saturated rings. The average molecular weight is 380 g/mol. The first-order chi connectivity index (χ1) is 13.5. The summed E-state index contributed by atoms with van der Waals surface area (Å²) >= 11 is 0. The molecule has 140 valence electrons. The van der Waals surface area contributed by atoms with Crippen LogP contribution in [-0.4, -0.2) is 16.8 Å². The fourth-order valence-corrected chi connectivity index (χ4v) is 2.86. The van der Waals surface area contributed by atoms with Crippen molar-refractivity contribution in [3.63, 3.8) is 0 Å². The van der Waals surface area contributed by atoms with Crippen LogP contribution >= 0.6 is 0 Å². The number of rotatable bonds is 4. The zero-order chi connectivity index (χ0) is 19.7. The Morgan fingerprint density at radius 1 is 0.964 bits per heavy atom. The molecule has 1 N–H and O–H groups in total. The van der Waals surface area contributed by atoms with E-state index in [1.54, 1.807) is 24.3 Å². The van der Waals surface area contributed by atoms with Crippen molar-refractivity contribution in [2.45, 2.75) is 6.54 Å². The second kappa shape index (κ2) is 7.11. The van der Waals surface area contributed by atoms with E-state index in [-0.39, 0.29) is 18.1 Å². The summed E-state index contributed by atoms with van der Waals surface area (Å²) in [6.07, 6.45) is 1.41. The number of hydrogen-bond donors (Lipinski definition) is 1. The summed E-state index contributed by atoms with van der Waals surface area (Å²) in [5, 5.41) is 2.50. The summed E-state index contributed by atoms with van der Waals surface area (Å²) in [6, 6.07) is 14.2. The molecule has 3 aromatic rings. The van der Waals surface area contributed by atoms with Gasteiger partial charge in [0, 0.05) is 11.6 Å². The van der Waals surface area contributed by atoms with Crippen molar-refractivity contribution in [1.82, 2.24) is 10.2 Å². The molecule has 0 spiro atoms. The van der Waals surface area contributed by atoms with Crippen molar-refractivity contribution in [2.24, 2.45) is 0 Å². The van der Waals surface area contributed by atoms with Crippen molar-refractivity contribution in [2.75, 3.05) is 0 Å². The molecule has 1 aromatic heterocycles. The monoisotopic (exact) mass is 380 g/mol. The topological polar surface area (TPSA) is 62.6 Å². The fourth-order valence-electron chi connectivity index (χ4n) is 2.86. The third-order valence-corrected chi connectivity index (χ3v) is 4.24. The Bertz CT molecular complexity index is 1090. The molecule has 0 atom stereocenters. The lowest BCUT2D eigenvalue weighted by Crippen LogP contribution is -2.30. The van der Waals surface area contributed by atoms with E-state index in [1.807, 2.05) is 0 Å². The lowest BCUT2D eigenvalue weighted by atomic mass is 10.2. The highest BCUT2D eigenvalue weighted by Gasteiger charge is 2.33. The van der Waals surface area contributed by atoms with E-state index < -0.39 is 17.8 Å². The molecule has 2 heterocycles. The van der Waals surface area contributed by atoms with Crippen LogP contribution in [0.2, 0.25) is 0 Å². The van der Waals surface area contributed by atoms with E-state index in [0.717, 1.165) is 4.90 Å². The fraction of sp³-hybridized carbons (Fsp3) is 0.0476. The van der Waals surface area contributed by atoms with Gasteiger partial charge in [0.1, 0.15) is 28.9 Å². The second-order valence-electron chi connectivity index (χ2n) is 6.22. The van der Waals surface area contributed by atoms with Crippen molar-refractivity contribution < 1.29 is 22.8 Å². The zero-order valence-corrected chi connectivity index (χ0v) is 14.5. The molecule has 5 nitrogen and oxygen atoms in total. The van der Waals surface area contributed by atoms with Gasteiger partial charge in [-0.25, -0.2) is 13.6 Å². The molecule has 1 aliphatic heterocycles. The predicted molar refractivity (Wildman–Crippen MR) is 97.6 cm³/mol. The van der Waals surface area contributed by atoms with Gasteiger partial charge in [-0.15, -0.1) is 0 Å². The summed E-state index contributed by atoms with van der Waals surface area (Å²) in [5.41, 5.74) is 1.24. The molecule has 0 saturated carbocycles. The Labute approximate surface area is 158 Å². The number of urea groups is 1. The SMILES string of the molecule is O=C1N/C(=C/c2ccc(-c3cccc(F)c3)o2)C(=O)N1Cc1ccc(F)cc1. The maximum Gasteiger partial charge on any atom is 0.329 e. The van der Waals surface area contributed by atoms with E-state index >= 15 is 0 Å². The molecule has 1 saturated heterocycles. The Hall–Kier alpha value is -3.74. The van der Waals surface area contributed by atoms with Gasteiger partial charge < -0.3 is 9.73 Å². The molecule has 3 amide bonds. The number of carbonyl (C=O) groups excluding carboxylic acids is 2. The minimum Gasteiger partial charge on any atom is -0.457 e. The van der Waals surface area contributed by atoms with E-state index in [9.17, 15) is 18.4 Å². The van der Waals surface area contributed by atoms with E-state index in [0.29, 0.717) is 22.6 Å². The molecule has 0 aliphatic carbocycles. The summed E-state index contributed by atoms with van der Waals surface area (Å²) < 4.78 is 32.0. The summed E-state index contributed by atoms with van der Waals surface area (Å²) in [4.78, 5) is 25.7. The van der Waals surface area contributed by atoms with Gasteiger partial charge >= 0.3 is 6.03 Å². The van der Waals surface area contributed by atoms with Crippen LogP contribution in [0.3, 0.4) is 0 Å². The quantitative estimate of drug-likeness (QED) is 0.542. The molecular formula is C21H14F2N2O3. The largest absolute Gasteiger partial charge is 0.457 e. The van der Waals surface area contributed by atoms with Crippen LogP contribution in [-0.2, 0) is 11.3 Å². The predicted octanol–water partition coefficient (Wildman–Crippen LogP) is 4.32. The number of imide groups is 1. The van der Waals surface area contributed by atoms with Crippen molar-refractivity contribution in [3.05, 3.63) is 89.3 Å². The number of hydrogen-bond acceptors (Lipinski definition) is 3. The number of benzene rings is 2. The Kier molecular flexibility index (Phi) is 4.49. The molecule has 7 heteroatoms. The first kappa shape index (κ1) is 17.7. The van der Waals surface area contributed by atoms with Gasteiger partial charge in [0.2, 0.25) is 0 Å². The van der Waals surface area contributed by atoms with Crippen LogP contribution in [0.25, 0.3) is 17.4 Å². The summed E-state index contributed by atoms with van der Waals surface area (Å²) in [6.45, 7) is 0.0228. The lowest BCUT2D eigenvalue weighted by molar-refractivity contribution is -0.123. The highest BCUT2D eigenvalue weighted by molar-refractivity contribution is 6.13. The molecular weight excluding hydrogens is 366 g/mol. The Balaban J connectivity index is 1.53. The minimum absolute atomic E-state index is 0.0228. The second-order valence-corrected chi connectivity index (χ2v) is 6.22. The Morgan fingerprint density at radius 3 is 2.50 bits per heavy atom. The molecule has 28 heavy (non-hydrogen) atoms. The number of amides is 3. The van der Waals surface area contributed by atoms with Crippen molar-refractivity contribution in [3.8, 4) is 11.3 Å². The number of halogens is 2. The normalized spacial score (nSPS) is 15.4. The van der Waals surface area contributed by atoms with Gasteiger partial charge in [-0.2, -0.15) is 0 Å². The van der Waals surface area contributed by atoms with Gasteiger partial charge in [0.05, 0.1) is 6.54 Å².